The fourth-order valence-corrected chi connectivity index (χ4v) is 3.09. The summed E-state index contributed by atoms with van der Waals surface area (Å²) in [7, 11) is -0.157. The highest BCUT2D eigenvalue weighted by Crippen LogP contribution is 2.16. The van der Waals surface area contributed by atoms with Crippen molar-refractivity contribution in [3.05, 3.63) is 48.5 Å². The van der Waals surface area contributed by atoms with Gasteiger partial charge in [-0.15, -0.1) is 0 Å². The molecule has 2 N–H and O–H groups in total. The molecule has 0 atom stereocenters. The van der Waals surface area contributed by atoms with E-state index in [2.05, 4.69) is 10.6 Å². The Kier molecular flexibility index (Phi) is 7.13. The highest BCUT2D eigenvalue weighted by atomic mass is 32.2. The van der Waals surface area contributed by atoms with Crippen molar-refractivity contribution in [1.29, 1.82) is 0 Å². The molecular formula is C19H23N3O5S. The highest BCUT2D eigenvalue weighted by molar-refractivity contribution is 7.90. The summed E-state index contributed by atoms with van der Waals surface area (Å²) in [5, 5.41) is 5.37. The maximum absolute atomic E-state index is 12.1. The van der Waals surface area contributed by atoms with Crippen LogP contribution in [0.15, 0.2) is 53.4 Å². The predicted octanol–water partition coefficient (Wildman–Crippen LogP) is 1.61. The van der Waals surface area contributed by atoms with Gasteiger partial charge in [0.15, 0.2) is 9.84 Å². The number of nitrogens with one attached hydrogen (secondary N) is 2. The minimum atomic E-state index is -3.36. The minimum absolute atomic E-state index is 0.0167. The lowest BCUT2D eigenvalue weighted by atomic mass is 10.3. The van der Waals surface area contributed by atoms with Crippen LogP contribution in [0.4, 0.5) is 11.4 Å². The van der Waals surface area contributed by atoms with Crippen molar-refractivity contribution in [2.24, 2.45) is 0 Å². The van der Waals surface area contributed by atoms with Crippen LogP contribution in [-0.4, -0.2) is 58.6 Å². The zero-order valence-electron chi connectivity index (χ0n) is 15.9. The van der Waals surface area contributed by atoms with E-state index in [0.717, 1.165) is 6.26 Å². The van der Waals surface area contributed by atoms with Crippen LogP contribution in [-0.2, 0) is 19.4 Å². The molecule has 9 heteroatoms. The third kappa shape index (κ3) is 6.67. The molecule has 0 aliphatic carbocycles. The summed E-state index contributed by atoms with van der Waals surface area (Å²) in [5.74, 6) is 0.0664. The average molecular weight is 405 g/mol. The molecule has 0 saturated heterocycles. The molecule has 2 aromatic rings. The highest BCUT2D eigenvalue weighted by Gasteiger charge is 2.13. The smallest absolute Gasteiger partial charge is 0.238 e. The Morgan fingerprint density at radius 1 is 0.964 bits per heavy atom. The van der Waals surface area contributed by atoms with E-state index in [1.807, 2.05) is 0 Å². The second-order valence-electron chi connectivity index (χ2n) is 6.30. The van der Waals surface area contributed by atoms with E-state index >= 15 is 0 Å². The second-order valence-corrected chi connectivity index (χ2v) is 8.31. The van der Waals surface area contributed by atoms with Crippen LogP contribution in [0.3, 0.4) is 0 Å². The van der Waals surface area contributed by atoms with E-state index in [4.69, 9.17) is 4.74 Å². The Morgan fingerprint density at radius 3 is 2.07 bits per heavy atom. The molecule has 0 radical (unpaired) electrons. The maximum Gasteiger partial charge on any atom is 0.238 e. The van der Waals surface area contributed by atoms with Gasteiger partial charge in [0.25, 0.3) is 0 Å². The largest absolute Gasteiger partial charge is 0.497 e. The summed E-state index contributed by atoms with van der Waals surface area (Å²) < 4.78 is 28.2. The summed E-state index contributed by atoms with van der Waals surface area (Å²) in [6, 6.07) is 12.9. The number of ether oxygens (including phenoxy) is 1. The molecule has 0 aromatic heterocycles. The van der Waals surface area contributed by atoms with Gasteiger partial charge in [-0.1, -0.05) is 6.07 Å². The number of rotatable bonds is 8. The monoisotopic (exact) mass is 405 g/mol. The van der Waals surface area contributed by atoms with E-state index < -0.39 is 9.84 Å². The normalized spacial score (nSPS) is 11.1. The van der Waals surface area contributed by atoms with Crippen LogP contribution in [0.25, 0.3) is 0 Å². The lowest BCUT2D eigenvalue weighted by Crippen LogP contribution is -2.36. The van der Waals surface area contributed by atoms with Crippen LogP contribution in [0, 0.1) is 0 Å². The Bertz CT molecular complexity index is 942. The summed E-state index contributed by atoms with van der Waals surface area (Å²) in [6.07, 6.45) is 1.10. The third-order valence-corrected chi connectivity index (χ3v) is 4.86. The number of methoxy groups -OCH3 is 1. The summed E-state index contributed by atoms with van der Waals surface area (Å²) in [4.78, 5) is 25.9. The SMILES string of the molecule is COc1ccc(NC(=O)CN(C)CC(=O)Nc2cccc(S(C)(=O)=O)c2)cc1. The number of carbonyl (C=O) groups is 2. The van der Waals surface area contributed by atoms with Crippen molar-refractivity contribution < 1.29 is 22.7 Å². The molecule has 0 fully saturated rings. The number of likely N-dealkylation sites (N-methyl/N-ethyl adjacent to an activating group) is 1. The zero-order valence-corrected chi connectivity index (χ0v) is 16.7. The first-order valence-electron chi connectivity index (χ1n) is 8.40. The number of nitrogens with zero attached hydrogens (tertiary/aromatic N) is 1. The molecule has 0 aliphatic heterocycles. The fraction of sp³-hybridized carbons (Fsp3) is 0.263. The summed E-state index contributed by atoms with van der Waals surface area (Å²) in [5.41, 5.74) is 1.00. The van der Waals surface area contributed by atoms with Crippen LogP contribution in [0.5, 0.6) is 5.75 Å². The predicted molar refractivity (Wildman–Crippen MR) is 107 cm³/mol. The fourth-order valence-electron chi connectivity index (χ4n) is 2.43. The number of sulfone groups is 1. The molecule has 0 aliphatic rings. The van der Waals surface area contributed by atoms with Crippen molar-refractivity contribution in [2.45, 2.75) is 4.90 Å². The van der Waals surface area contributed by atoms with Crippen LogP contribution in [0.1, 0.15) is 0 Å². The molecule has 0 spiro atoms. The average Bonchev–Trinajstić information content (AvgIpc) is 2.61. The molecule has 2 aromatic carbocycles. The van der Waals surface area contributed by atoms with E-state index in [0.29, 0.717) is 17.1 Å². The van der Waals surface area contributed by atoms with Gasteiger partial charge >= 0.3 is 0 Å². The van der Waals surface area contributed by atoms with Gasteiger partial charge in [-0.05, 0) is 49.5 Å². The topological polar surface area (TPSA) is 105 Å². The number of hydrogen-bond acceptors (Lipinski definition) is 6. The Labute approximate surface area is 164 Å². The molecule has 2 rings (SSSR count). The summed E-state index contributed by atoms with van der Waals surface area (Å²) >= 11 is 0. The molecule has 0 saturated carbocycles. The van der Waals surface area contributed by atoms with Crippen LogP contribution >= 0.6 is 0 Å². The third-order valence-electron chi connectivity index (χ3n) is 3.75. The summed E-state index contributed by atoms with van der Waals surface area (Å²) in [6.45, 7) is -0.0119. The number of anilines is 2. The van der Waals surface area contributed by atoms with Crippen molar-refractivity contribution in [3.63, 3.8) is 0 Å². The first kappa shape index (κ1) is 21.4. The second kappa shape index (κ2) is 9.34. The Hall–Kier alpha value is -2.91. The van der Waals surface area contributed by atoms with Gasteiger partial charge in [0.05, 0.1) is 25.1 Å². The quantitative estimate of drug-likeness (QED) is 0.691. The van der Waals surface area contributed by atoms with Gasteiger partial charge in [-0.2, -0.15) is 0 Å². The standard InChI is InChI=1S/C19H23N3O5S/c1-22(12-18(23)20-14-7-9-16(27-2)10-8-14)13-19(24)21-15-5-4-6-17(11-15)28(3,25)26/h4-11H,12-13H2,1-3H3,(H,20,23)(H,21,24). The first-order chi connectivity index (χ1) is 13.2. The lowest BCUT2D eigenvalue weighted by Gasteiger charge is -2.16. The molecule has 0 bridgehead atoms. The molecular weight excluding hydrogens is 382 g/mol. The number of benzene rings is 2. The number of carbonyl (C=O) groups excluding carboxylic acids is 2. The van der Waals surface area contributed by atoms with E-state index in [9.17, 15) is 18.0 Å². The van der Waals surface area contributed by atoms with Gasteiger partial charge in [0, 0.05) is 17.6 Å². The maximum atomic E-state index is 12.1. The van der Waals surface area contributed by atoms with E-state index in [1.54, 1.807) is 55.5 Å². The molecule has 28 heavy (non-hydrogen) atoms. The van der Waals surface area contributed by atoms with Crippen LogP contribution in [0.2, 0.25) is 0 Å². The van der Waals surface area contributed by atoms with Crippen molar-refractivity contribution >= 4 is 33.0 Å². The van der Waals surface area contributed by atoms with Crippen LogP contribution < -0.4 is 15.4 Å². The molecule has 0 heterocycles. The number of amides is 2. The minimum Gasteiger partial charge on any atom is -0.497 e. The molecule has 2 amide bonds. The van der Waals surface area contributed by atoms with Gasteiger partial charge in [-0.25, -0.2) is 8.42 Å². The zero-order chi connectivity index (χ0) is 20.7. The van der Waals surface area contributed by atoms with Crippen molar-refractivity contribution in [2.75, 3.05) is 44.1 Å². The number of hydrogen-bond donors (Lipinski definition) is 2. The van der Waals surface area contributed by atoms with Crippen molar-refractivity contribution in [3.8, 4) is 5.75 Å². The van der Waals surface area contributed by atoms with Gasteiger partial charge < -0.3 is 15.4 Å². The van der Waals surface area contributed by atoms with E-state index in [-0.39, 0.29) is 29.8 Å². The Morgan fingerprint density at radius 2 is 1.54 bits per heavy atom. The van der Waals surface area contributed by atoms with Gasteiger partial charge in [-0.3, -0.25) is 14.5 Å². The first-order valence-corrected chi connectivity index (χ1v) is 10.3. The molecule has 8 nitrogen and oxygen atoms in total. The molecule has 0 unspecified atom stereocenters. The van der Waals surface area contributed by atoms with Gasteiger partial charge in [0.1, 0.15) is 5.75 Å². The van der Waals surface area contributed by atoms with Gasteiger partial charge in [0.2, 0.25) is 11.8 Å². The Balaban J connectivity index is 1.85. The van der Waals surface area contributed by atoms with E-state index in [1.165, 1.54) is 12.1 Å². The lowest BCUT2D eigenvalue weighted by molar-refractivity contribution is -0.119. The van der Waals surface area contributed by atoms with Crippen molar-refractivity contribution in [1.82, 2.24) is 4.90 Å². The molecule has 150 valence electrons.